The molecule has 1 atom stereocenters. The number of carbonyl (C=O) groups is 1. The maximum atomic E-state index is 13.6. The molecule has 0 radical (unpaired) electrons. The molecule has 0 aliphatic carbocycles. The van der Waals surface area contributed by atoms with Gasteiger partial charge in [0.25, 0.3) is 0 Å². The van der Waals surface area contributed by atoms with E-state index >= 15 is 0 Å². The van der Waals surface area contributed by atoms with E-state index in [2.05, 4.69) is 5.32 Å². The number of aliphatic hydroxyl groups excluding tert-OH is 1. The summed E-state index contributed by atoms with van der Waals surface area (Å²) in [5.41, 5.74) is 0.160. The third kappa shape index (κ3) is 4.98. The Morgan fingerprint density at radius 3 is 2.55 bits per heavy atom. The van der Waals surface area contributed by atoms with Crippen LogP contribution in [0.15, 0.2) is 18.2 Å². The molecule has 0 saturated heterocycles. The Kier molecular flexibility index (Phi) is 6.35. The van der Waals surface area contributed by atoms with E-state index in [0.29, 0.717) is 12.1 Å². The minimum absolute atomic E-state index is 0.0920. The highest BCUT2D eigenvalue weighted by atomic mass is 19.1. The Balaban J connectivity index is 2.58. The molecule has 1 unspecified atom stereocenters. The predicted octanol–water partition coefficient (Wildman–Crippen LogP) is 2.54. The van der Waals surface area contributed by atoms with Gasteiger partial charge >= 0.3 is 0 Å². The maximum Gasteiger partial charge on any atom is 0.224 e. The van der Waals surface area contributed by atoms with Crippen molar-refractivity contribution in [2.75, 3.05) is 13.7 Å². The molecule has 0 saturated carbocycles. The zero-order chi connectivity index (χ0) is 16.9. The van der Waals surface area contributed by atoms with Gasteiger partial charge < -0.3 is 15.2 Å². The van der Waals surface area contributed by atoms with Crippen LogP contribution in [0.4, 0.5) is 4.39 Å². The molecule has 1 amide bonds. The monoisotopic (exact) mass is 311 g/mol. The van der Waals surface area contributed by atoms with Crippen LogP contribution >= 0.6 is 0 Å². The molecule has 4 nitrogen and oxygen atoms in total. The van der Waals surface area contributed by atoms with Crippen molar-refractivity contribution in [1.82, 2.24) is 5.32 Å². The van der Waals surface area contributed by atoms with Gasteiger partial charge in [-0.3, -0.25) is 4.79 Å². The van der Waals surface area contributed by atoms with Crippen LogP contribution in [0, 0.1) is 17.2 Å². The Bertz CT molecular complexity index is 515. The van der Waals surface area contributed by atoms with E-state index in [-0.39, 0.29) is 24.0 Å². The molecule has 1 aromatic carbocycles. The number of halogens is 1. The number of rotatable bonds is 7. The lowest BCUT2D eigenvalue weighted by atomic mass is 9.80. The first-order valence-corrected chi connectivity index (χ1v) is 7.44. The van der Waals surface area contributed by atoms with E-state index in [9.17, 15) is 14.3 Å². The zero-order valence-electron chi connectivity index (χ0n) is 13.9. The minimum atomic E-state index is -0.508. The molecule has 0 bridgehead atoms. The molecule has 0 aromatic heterocycles. The molecule has 0 fully saturated rings. The van der Waals surface area contributed by atoms with Gasteiger partial charge in [0.15, 0.2) is 11.6 Å². The summed E-state index contributed by atoms with van der Waals surface area (Å²) in [6.07, 6.45) is -0.416. The molecule has 124 valence electrons. The molecule has 1 rings (SSSR count). The molecular formula is C17H26FNO3. The summed E-state index contributed by atoms with van der Waals surface area (Å²) in [4.78, 5) is 12.0. The fourth-order valence-corrected chi connectivity index (χ4v) is 2.40. The summed E-state index contributed by atoms with van der Waals surface area (Å²) in [6, 6.07) is 4.46. The molecule has 0 aliphatic heterocycles. The van der Waals surface area contributed by atoms with Gasteiger partial charge in [-0.05, 0) is 23.6 Å². The average molecular weight is 311 g/mol. The van der Waals surface area contributed by atoms with Crippen molar-refractivity contribution in [1.29, 1.82) is 0 Å². The number of aliphatic hydroxyl groups is 1. The number of benzene rings is 1. The number of methoxy groups -OCH3 is 1. The van der Waals surface area contributed by atoms with Gasteiger partial charge in [-0.1, -0.05) is 33.8 Å². The minimum Gasteiger partial charge on any atom is -0.494 e. The molecule has 5 heteroatoms. The van der Waals surface area contributed by atoms with E-state index in [0.717, 1.165) is 0 Å². The lowest BCUT2D eigenvalue weighted by Gasteiger charge is -2.33. The number of hydrogen-bond acceptors (Lipinski definition) is 3. The Morgan fingerprint density at radius 2 is 2.05 bits per heavy atom. The highest BCUT2D eigenvalue weighted by molar-refractivity contribution is 5.78. The lowest BCUT2D eigenvalue weighted by molar-refractivity contribution is -0.121. The normalized spacial score (nSPS) is 13.1. The highest BCUT2D eigenvalue weighted by Crippen LogP contribution is 2.25. The van der Waals surface area contributed by atoms with Gasteiger partial charge in [-0.25, -0.2) is 4.39 Å². The number of carbonyl (C=O) groups excluding carboxylic acids is 1. The van der Waals surface area contributed by atoms with Crippen molar-refractivity contribution in [3.63, 3.8) is 0 Å². The second-order valence-corrected chi connectivity index (χ2v) is 6.60. The topological polar surface area (TPSA) is 58.6 Å². The Hall–Kier alpha value is -1.62. The maximum absolute atomic E-state index is 13.6. The van der Waals surface area contributed by atoms with Crippen LogP contribution in [-0.4, -0.2) is 30.8 Å². The van der Waals surface area contributed by atoms with Gasteiger partial charge in [0.2, 0.25) is 5.91 Å². The fourth-order valence-electron chi connectivity index (χ4n) is 2.40. The van der Waals surface area contributed by atoms with Crippen molar-refractivity contribution in [2.45, 2.75) is 40.2 Å². The van der Waals surface area contributed by atoms with Crippen molar-refractivity contribution in [3.8, 4) is 5.75 Å². The zero-order valence-corrected chi connectivity index (χ0v) is 13.9. The van der Waals surface area contributed by atoms with Crippen LogP contribution in [0.3, 0.4) is 0 Å². The summed E-state index contributed by atoms with van der Waals surface area (Å²) >= 11 is 0. The van der Waals surface area contributed by atoms with E-state index in [1.807, 2.05) is 27.7 Å². The predicted molar refractivity (Wildman–Crippen MR) is 84.3 cm³/mol. The fraction of sp³-hybridized carbons (Fsp3) is 0.588. The molecule has 0 heterocycles. The Labute approximate surface area is 131 Å². The van der Waals surface area contributed by atoms with Crippen molar-refractivity contribution < 1.29 is 19.0 Å². The average Bonchev–Trinajstić information content (AvgIpc) is 2.44. The summed E-state index contributed by atoms with van der Waals surface area (Å²) in [6.45, 7) is 8.06. The largest absolute Gasteiger partial charge is 0.494 e. The summed E-state index contributed by atoms with van der Waals surface area (Å²) in [5, 5.41) is 12.9. The van der Waals surface area contributed by atoms with E-state index in [4.69, 9.17) is 4.74 Å². The second-order valence-electron chi connectivity index (χ2n) is 6.60. The molecular weight excluding hydrogens is 285 g/mol. The Morgan fingerprint density at radius 1 is 1.41 bits per heavy atom. The lowest BCUT2D eigenvalue weighted by Crippen LogP contribution is -2.43. The number of hydrogen-bond donors (Lipinski definition) is 2. The van der Waals surface area contributed by atoms with Gasteiger partial charge in [-0.15, -0.1) is 0 Å². The van der Waals surface area contributed by atoms with Gasteiger partial charge in [0.1, 0.15) is 0 Å². The van der Waals surface area contributed by atoms with Crippen LogP contribution in [0.2, 0.25) is 0 Å². The van der Waals surface area contributed by atoms with E-state index < -0.39 is 17.3 Å². The van der Waals surface area contributed by atoms with Crippen LogP contribution in [0.25, 0.3) is 0 Å². The smallest absolute Gasteiger partial charge is 0.224 e. The van der Waals surface area contributed by atoms with E-state index in [1.165, 1.54) is 19.2 Å². The van der Waals surface area contributed by atoms with Gasteiger partial charge in [0.05, 0.1) is 19.6 Å². The summed E-state index contributed by atoms with van der Waals surface area (Å²) in [7, 11) is 1.40. The second kappa shape index (κ2) is 7.58. The third-order valence-electron chi connectivity index (χ3n) is 3.75. The SMILES string of the molecule is COc1ccc(CC(=O)NCC(C)(C)C(O)C(C)C)cc1F. The van der Waals surface area contributed by atoms with Crippen molar-refractivity contribution >= 4 is 5.91 Å². The summed E-state index contributed by atoms with van der Waals surface area (Å²) in [5.74, 6) is -0.412. The quantitative estimate of drug-likeness (QED) is 0.813. The van der Waals surface area contributed by atoms with Crippen LogP contribution in [-0.2, 0) is 11.2 Å². The molecule has 2 N–H and O–H groups in total. The summed E-state index contributed by atoms with van der Waals surface area (Å²) < 4.78 is 18.4. The van der Waals surface area contributed by atoms with Gasteiger partial charge in [0, 0.05) is 12.0 Å². The van der Waals surface area contributed by atoms with Crippen molar-refractivity contribution in [3.05, 3.63) is 29.6 Å². The van der Waals surface area contributed by atoms with Gasteiger partial charge in [-0.2, -0.15) is 0 Å². The molecule has 22 heavy (non-hydrogen) atoms. The van der Waals surface area contributed by atoms with Crippen molar-refractivity contribution in [2.24, 2.45) is 11.3 Å². The first-order chi connectivity index (χ1) is 10.2. The first-order valence-electron chi connectivity index (χ1n) is 7.44. The molecule has 1 aromatic rings. The number of ether oxygens (including phenoxy) is 1. The van der Waals surface area contributed by atoms with Crippen LogP contribution in [0.5, 0.6) is 5.75 Å². The number of amides is 1. The van der Waals surface area contributed by atoms with Crippen LogP contribution in [0.1, 0.15) is 33.3 Å². The van der Waals surface area contributed by atoms with Crippen LogP contribution < -0.4 is 10.1 Å². The van der Waals surface area contributed by atoms with E-state index in [1.54, 1.807) is 6.07 Å². The molecule has 0 spiro atoms. The first kappa shape index (κ1) is 18.4. The number of nitrogens with one attached hydrogen (secondary N) is 1. The standard InChI is InChI=1S/C17H26FNO3/c1-11(2)16(21)17(3,4)10-19-15(20)9-12-6-7-14(22-5)13(18)8-12/h6-8,11,16,21H,9-10H2,1-5H3,(H,19,20). The third-order valence-corrected chi connectivity index (χ3v) is 3.75. The highest BCUT2D eigenvalue weighted by Gasteiger charge is 2.30. The molecule has 0 aliphatic rings.